The van der Waals surface area contributed by atoms with Gasteiger partial charge in [-0.3, -0.25) is 9.69 Å². The zero-order valence-electron chi connectivity index (χ0n) is 19.5. The average Bonchev–Trinajstić information content (AvgIpc) is 3.17. The molecule has 1 aliphatic heterocycles. The van der Waals surface area contributed by atoms with Crippen LogP contribution >= 0.6 is 0 Å². The van der Waals surface area contributed by atoms with E-state index in [1.54, 1.807) is 13.2 Å². The normalized spacial score (nSPS) is 16.6. The van der Waals surface area contributed by atoms with E-state index in [9.17, 15) is 9.59 Å². The van der Waals surface area contributed by atoms with Crippen LogP contribution in [0.2, 0.25) is 0 Å². The summed E-state index contributed by atoms with van der Waals surface area (Å²) in [6.45, 7) is 6.87. The zero-order valence-corrected chi connectivity index (χ0v) is 19.5. The highest BCUT2D eigenvalue weighted by Gasteiger charge is 2.27. The number of methoxy groups -OCH3 is 2. The number of hydrogen-bond acceptors (Lipinski definition) is 6. The summed E-state index contributed by atoms with van der Waals surface area (Å²) in [6.07, 6.45) is 0. The number of nitrogens with one attached hydrogen (secondary N) is 2. The molecular formula is C25H30N4O4. The highest BCUT2D eigenvalue weighted by Crippen LogP contribution is 2.35. The van der Waals surface area contributed by atoms with E-state index in [0.29, 0.717) is 22.3 Å². The molecule has 8 nitrogen and oxygen atoms in total. The Bertz CT molecular complexity index is 1170. The lowest BCUT2D eigenvalue weighted by Gasteiger charge is -2.41. The number of aromatic amines is 1. The summed E-state index contributed by atoms with van der Waals surface area (Å²) in [5, 5.41) is 3.57. The van der Waals surface area contributed by atoms with E-state index in [-0.39, 0.29) is 24.2 Å². The molecule has 0 spiro atoms. The molecule has 1 fully saturated rings. The van der Waals surface area contributed by atoms with Crippen LogP contribution in [-0.4, -0.2) is 68.2 Å². The Hall–Kier alpha value is -3.52. The second kappa shape index (κ2) is 9.54. The van der Waals surface area contributed by atoms with Crippen molar-refractivity contribution in [3.63, 3.8) is 0 Å². The standard InChI is InChI=1S/C25H30N4O4/c1-16-7-5-8-18(13-16)29-12-11-28(14-17(29)2)15-21(30)27-23-22-19(9-6-10-20(22)32-3)26-24(23)25(31)33-4/h5-10,13,17,26H,11-12,14-15H2,1-4H3,(H,27,30)/t17-/m0/s1. The molecule has 3 aromatic rings. The number of aromatic nitrogens is 1. The molecule has 1 aromatic heterocycles. The second-order valence-corrected chi connectivity index (χ2v) is 8.41. The number of rotatable bonds is 6. The first-order chi connectivity index (χ1) is 15.9. The van der Waals surface area contributed by atoms with E-state index in [0.717, 1.165) is 19.6 Å². The quantitative estimate of drug-likeness (QED) is 0.560. The number of nitrogens with zero attached hydrogens (tertiary/aromatic N) is 2. The maximum Gasteiger partial charge on any atom is 0.356 e. The number of hydrogen-bond donors (Lipinski definition) is 2. The molecule has 2 heterocycles. The Morgan fingerprint density at radius 3 is 2.64 bits per heavy atom. The molecule has 0 radical (unpaired) electrons. The van der Waals surface area contributed by atoms with Crippen molar-refractivity contribution in [2.24, 2.45) is 0 Å². The van der Waals surface area contributed by atoms with Crippen LogP contribution in [0.3, 0.4) is 0 Å². The van der Waals surface area contributed by atoms with Gasteiger partial charge in [-0.15, -0.1) is 0 Å². The number of H-pyrrole nitrogens is 1. The van der Waals surface area contributed by atoms with Gasteiger partial charge in [0.1, 0.15) is 11.4 Å². The third kappa shape index (κ3) is 4.66. The fourth-order valence-corrected chi connectivity index (χ4v) is 4.51. The van der Waals surface area contributed by atoms with Gasteiger partial charge in [0.25, 0.3) is 0 Å². The average molecular weight is 451 g/mol. The fraction of sp³-hybridized carbons (Fsp3) is 0.360. The molecule has 0 aliphatic carbocycles. The van der Waals surface area contributed by atoms with Crippen LogP contribution in [-0.2, 0) is 9.53 Å². The van der Waals surface area contributed by atoms with Crippen molar-refractivity contribution in [3.05, 3.63) is 53.7 Å². The molecule has 0 saturated carbocycles. The first-order valence-electron chi connectivity index (χ1n) is 11.0. The third-order valence-electron chi connectivity index (χ3n) is 6.07. The number of fused-ring (bicyclic) bond motifs is 1. The van der Waals surface area contributed by atoms with Crippen LogP contribution in [0.25, 0.3) is 10.9 Å². The highest BCUT2D eigenvalue weighted by molar-refractivity contribution is 6.13. The summed E-state index contributed by atoms with van der Waals surface area (Å²) in [5.41, 5.74) is 3.71. The Labute approximate surface area is 193 Å². The number of aryl methyl sites for hydroxylation is 1. The fourth-order valence-electron chi connectivity index (χ4n) is 4.51. The number of benzene rings is 2. The number of ether oxygens (including phenoxy) is 2. The Morgan fingerprint density at radius 2 is 1.94 bits per heavy atom. The summed E-state index contributed by atoms with van der Waals surface area (Å²) in [7, 11) is 2.87. The molecule has 1 atom stereocenters. The minimum Gasteiger partial charge on any atom is -0.496 e. The van der Waals surface area contributed by atoms with Crippen LogP contribution in [0.1, 0.15) is 23.0 Å². The van der Waals surface area contributed by atoms with E-state index in [2.05, 4.69) is 58.2 Å². The topological polar surface area (TPSA) is 86.9 Å². The number of carbonyl (C=O) groups is 2. The van der Waals surface area contributed by atoms with Crippen molar-refractivity contribution in [1.82, 2.24) is 9.88 Å². The van der Waals surface area contributed by atoms with Gasteiger partial charge >= 0.3 is 5.97 Å². The maximum absolute atomic E-state index is 13.0. The Balaban J connectivity index is 1.49. The monoisotopic (exact) mass is 450 g/mol. The van der Waals surface area contributed by atoms with Crippen LogP contribution in [0.15, 0.2) is 42.5 Å². The van der Waals surface area contributed by atoms with Gasteiger partial charge < -0.3 is 24.7 Å². The molecule has 2 aromatic carbocycles. The molecule has 174 valence electrons. The molecular weight excluding hydrogens is 420 g/mol. The molecule has 33 heavy (non-hydrogen) atoms. The molecule has 0 bridgehead atoms. The third-order valence-corrected chi connectivity index (χ3v) is 6.07. The van der Waals surface area contributed by atoms with Crippen molar-refractivity contribution >= 4 is 34.2 Å². The molecule has 4 rings (SSSR count). The van der Waals surface area contributed by atoms with Crippen molar-refractivity contribution in [1.29, 1.82) is 0 Å². The van der Waals surface area contributed by atoms with Crippen LogP contribution in [0.4, 0.5) is 11.4 Å². The van der Waals surface area contributed by atoms with Crippen LogP contribution < -0.4 is 15.0 Å². The van der Waals surface area contributed by atoms with Gasteiger partial charge in [0.05, 0.1) is 37.4 Å². The van der Waals surface area contributed by atoms with Crippen LogP contribution in [0, 0.1) is 6.92 Å². The molecule has 1 saturated heterocycles. The first-order valence-corrected chi connectivity index (χ1v) is 11.0. The van der Waals surface area contributed by atoms with Crippen LogP contribution in [0.5, 0.6) is 5.75 Å². The van der Waals surface area contributed by atoms with Gasteiger partial charge in [-0.05, 0) is 43.7 Å². The minimum absolute atomic E-state index is 0.192. The number of esters is 1. The molecule has 0 unspecified atom stereocenters. The lowest BCUT2D eigenvalue weighted by molar-refractivity contribution is -0.117. The van der Waals surface area contributed by atoms with Crippen molar-refractivity contribution in [2.45, 2.75) is 19.9 Å². The molecule has 1 amide bonds. The SMILES string of the molecule is COC(=O)c1[nH]c2cccc(OC)c2c1NC(=O)CN1CCN(c2cccc(C)c2)[C@@H](C)C1. The van der Waals surface area contributed by atoms with E-state index < -0.39 is 5.97 Å². The predicted molar refractivity (Wildman–Crippen MR) is 129 cm³/mol. The zero-order chi connectivity index (χ0) is 23.5. The molecule has 8 heteroatoms. The Morgan fingerprint density at radius 1 is 1.15 bits per heavy atom. The summed E-state index contributed by atoms with van der Waals surface area (Å²) in [5.74, 6) is -0.179. The number of piperazine rings is 1. The van der Waals surface area contributed by atoms with E-state index in [1.165, 1.54) is 18.4 Å². The summed E-state index contributed by atoms with van der Waals surface area (Å²) in [6, 6.07) is 14.2. The van der Waals surface area contributed by atoms with Gasteiger partial charge in [-0.2, -0.15) is 0 Å². The van der Waals surface area contributed by atoms with Gasteiger partial charge in [0.2, 0.25) is 5.91 Å². The van der Waals surface area contributed by atoms with Crippen molar-refractivity contribution in [3.8, 4) is 5.75 Å². The largest absolute Gasteiger partial charge is 0.496 e. The predicted octanol–water partition coefficient (Wildman–Crippen LogP) is 3.42. The van der Waals surface area contributed by atoms with E-state index in [4.69, 9.17) is 9.47 Å². The number of amides is 1. The smallest absolute Gasteiger partial charge is 0.356 e. The molecule has 1 aliphatic rings. The lowest BCUT2D eigenvalue weighted by Crippen LogP contribution is -2.53. The van der Waals surface area contributed by atoms with Gasteiger partial charge in [0.15, 0.2) is 0 Å². The van der Waals surface area contributed by atoms with E-state index in [1.807, 2.05) is 12.1 Å². The van der Waals surface area contributed by atoms with Crippen molar-refractivity contribution in [2.75, 3.05) is 50.6 Å². The number of anilines is 2. The number of carbonyl (C=O) groups excluding carboxylic acids is 2. The maximum atomic E-state index is 13.0. The minimum atomic E-state index is -0.552. The van der Waals surface area contributed by atoms with Gasteiger partial charge in [0, 0.05) is 31.4 Å². The summed E-state index contributed by atoms with van der Waals surface area (Å²) >= 11 is 0. The van der Waals surface area contributed by atoms with Crippen molar-refractivity contribution < 1.29 is 19.1 Å². The lowest BCUT2D eigenvalue weighted by atomic mass is 10.1. The van der Waals surface area contributed by atoms with E-state index >= 15 is 0 Å². The Kier molecular flexibility index (Phi) is 6.55. The summed E-state index contributed by atoms with van der Waals surface area (Å²) in [4.78, 5) is 32.9. The molecule has 2 N–H and O–H groups in total. The second-order valence-electron chi connectivity index (χ2n) is 8.41. The van der Waals surface area contributed by atoms with Gasteiger partial charge in [-0.25, -0.2) is 4.79 Å². The summed E-state index contributed by atoms with van der Waals surface area (Å²) < 4.78 is 10.4. The first kappa shape index (κ1) is 22.7. The van der Waals surface area contributed by atoms with Gasteiger partial charge in [-0.1, -0.05) is 18.2 Å². The highest BCUT2D eigenvalue weighted by atomic mass is 16.5.